The zero-order valence-corrected chi connectivity index (χ0v) is 21.7. The molecule has 0 aliphatic carbocycles. The lowest BCUT2D eigenvalue weighted by molar-refractivity contribution is 0.0696. The van der Waals surface area contributed by atoms with Gasteiger partial charge in [-0.15, -0.1) is 0 Å². The minimum atomic E-state index is -0.994. The summed E-state index contributed by atoms with van der Waals surface area (Å²) in [5.41, 5.74) is 6.80. The molecule has 194 valence electrons. The number of carbonyl (C=O) groups excluding carboxylic acids is 1. The zero-order chi connectivity index (χ0) is 26.6. The maximum atomic E-state index is 12.7. The zero-order valence-electron chi connectivity index (χ0n) is 21.7. The fourth-order valence-corrected chi connectivity index (χ4v) is 4.96. The number of amides is 1. The second-order valence-corrected chi connectivity index (χ2v) is 9.56. The van der Waals surface area contributed by atoms with Gasteiger partial charge in [-0.3, -0.25) is 4.79 Å². The van der Waals surface area contributed by atoms with Crippen LogP contribution in [-0.4, -0.2) is 33.1 Å². The van der Waals surface area contributed by atoms with Gasteiger partial charge in [0.1, 0.15) is 18.7 Å². The van der Waals surface area contributed by atoms with E-state index in [2.05, 4.69) is 17.2 Å². The Labute approximate surface area is 221 Å². The van der Waals surface area contributed by atoms with Crippen molar-refractivity contribution in [3.63, 3.8) is 0 Å². The number of imidazole rings is 1. The first kappa shape index (κ1) is 25.3. The molecule has 7 nitrogen and oxygen atoms in total. The highest BCUT2D eigenvalue weighted by Crippen LogP contribution is 2.40. The molecule has 0 radical (unpaired) electrons. The molecule has 1 aliphatic rings. The maximum absolute atomic E-state index is 12.7. The van der Waals surface area contributed by atoms with Gasteiger partial charge in [0.2, 0.25) is 0 Å². The number of carboxylic acid groups (broad SMARTS) is 1. The third-order valence-corrected chi connectivity index (χ3v) is 7.01. The molecule has 1 aromatic heterocycles. The van der Waals surface area contributed by atoms with Gasteiger partial charge in [-0.25, -0.2) is 9.78 Å². The normalized spacial score (nSPS) is 13.7. The van der Waals surface area contributed by atoms with Gasteiger partial charge in [0, 0.05) is 28.9 Å². The van der Waals surface area contributed by atoms with Crippen LogP contribution in [0.2, 0.25) is 0 Å². The van der Waals surface area contributed by atoms with E-state index in [0.29, 0.717) is 35.5 Å². The molecule has 3 aromatic carbocycles. The van der Waals surface area contributed by atoms with Crippen molar-refractivity contribution >= 4 is 34.2 Å². The number of hydrogen-bond donors (Lipinski definition) is 2. The van der Waals surface area contributed by atoms with Gasteiger partial charge < -0.3 is 19.7 Å². The number of carboxylic acids is 1. The lowest BCUT2D eigenvalue weighted by Gasteiger charge is -2.16. The summed E-state index contributed by atoms with van der Waals surface area (Å²) in [4.78, 5) is 29.1. The Bertz CT molecular complexity index is 1550. The van der Waals surface area contributed by atoms with E-state index in [-0.39, 0.29) is 11.5 Å². The van der Waals surface area contributed by atoms with E-state index in [4.69, 9.17) is 4.74 Å². The summed E-state index contributed by atoms with van der Waals surface area (Å²) in [5, 5.41) is 12.7. The Balaban J connectivity index is 1.56. The smallest absolute Gasteiger partial charge is 0.335 e. The largest absolute Gasteiger partial charge is 0.488 e. The van der Waals surface area contributed by atoms with Crippen molar-refractivity contribution in [3.8, 4) is 5.75 Å². The molecule has 2 N–H and O–H groups in total. The molecule has 0 atom stereocenters. The van der Waals surface area contributed by atoms with Crippen LogP contribution in [0.4, 0.5) is 0 Å². The van der Waals surface area contributed by atoms with Crippen LogP contribution >= 0.6 is 0 Å². The third kappa shape index (κ3) is 4.92. The van der Waals surface area contributed by atoms with Gasteiger partial charge >= 0.3 is 5.97 Å². The molecule has 0 saturated carbocycles. The molecule has 38 heavy (non-hydrogen) atoms. The van der Waals surface area contributed by atoms with E-state index in [9.17, 15) is 14.7 Å². The van der Waals surface area contributed by atoms with Gasteiger partial charge in [-0.1, -0.05) is 50.5 Å². The van der Waals surface area contributed by atoms with Crippen LogP contribution in [0.5, 0.6) is 5.75 Å². The van der Waals surface area contributed by atoms with Gasteiger partial charge in [0.05, 0.1) is 16.6 Å². The molecule has 0 bridgehead atoms. The van der Waals surface area contributed by atoms with Crippen LogP contribution < -0.4 is 10.1 Å². The number of carbonyl (C=O) groups is 2. The summed E-state index contributed by atoms with van der Waals surface area (Å²) in [7, 11) is 0. The first-order valence-electron chi connectivity index (χ1n) is 13.0. The number of aromatic nitrogens is 2. The van der Waals surface area contributed by atoms with Crippen molar-refractivity contribution in [3.05, 3.63) is 94.8 Å². The first-order chi connectivity index (χ1) is 18.5. The van der Waals surface area contributed by atoms with Crippen molar-refractivity contribution in [1.29, 1.82) is 0 Å². The molecule has 0 fully saturated rings. The second-order valence-electron chi connectivity index (χ2n) is 9.56. The molecule has 0 saturated heterocycles. The van der Waals surface area contributed by atoms with Crippen molar-refractivity contribution in [2.45, 2.75) is 46.1 Å². The minimum Gasteiger partial charge on any atom is -0.488 e. The molecule has 0 unspecified atom stereocenters. The third-order valence-electron chi connectivity index (χ3n) is 7.01. The predicted octanol–water partition coefficient (Wildman–Crippen LogP) is 6.37. The maximum Gasteiger partial charge on any atom is 0.335 e. The van der Waals surface area contributed by atoms with Crippen LogP contribution in [0, 0.1) is 0 Å². The van der Waals surface area contributed by atoms with Crippen molar-refractivity contribution in [2.75, 3.05) is 6.54 Å². The summed E-state index contributed by atoms with van der Waals surface area (Å²) in [6, 6.07) is 18.5. The van der Waals surface area contributed by atoms with Crippen molar-refractivity contribution in [1.82, 2.24) is 14.9 Å². The number of nitrogens with one attached hydrogen (secondary N) is 1. The average molecular weight is 510 g/mol. The van der Waals surface area contributed by atoms with E-state index in [1.54, 1.807) is 24.5 Å². The van der Waals surface area contributed by atoms with Gasteiger partial charge in [0.25, 0.3) is 5.91 Å². The summed E-state index contributed by atoms with van der Waals surface area (Å²) in [6.45, 7) is 5.20. The van der Waals surface area contributed by atoms with Gasteiger partial charge in [-0.05, 0) is 60.9 Å². The fourth-order valence-electron chi connectivity index (χ4n) is 4.96. The highest BCUT2D eigenvalue weighted by Gasteiger charge is 2.24. The van der Waals surface area contributed by atoms with Crippen LogP contribution in [0.1, 0.15) is 76.9 Å². The van der Waals surface area contributed by atoms with Crippen LogP contribution in [-0.2, 0) is 6.61 Å². The summed E-state index contributed by atoms with van der Waals surface area (Å²) < 4.78 is 8.08. The van der Waals surface area contributed by atoms with Crippen molar-refractivity contribution < 1.29 is 19.4 Å². The molecule has 0 spiro atoms. The number of unbranched alkanes of at least 4 members (excludes halogenated alkanes) is 3. The molecular formula is C31H31N3O4. The first-order valence-corrected chi connectivity index (χ1v) is 13.0. The monoisotopic (exact) mass is 509 g/mol. The Kier molecular flexibility index (Phi) is 7.26. The topological polar surface area (TPSA) is 93.5 Å². The predicted molar refractivity (Wildman–Crippen MR) is 148 cm³/mol. The van der Waals surface area contributed by atoms with Gasteiger partial charge in [0.15, 0.2) is 0 Å². The number of benzene rings is 3. The van der Waals surface area contributed by atoms with E-state index in [0.717, 1.165) is 47.2 Å². The number of ether oxygens (including phenoxy) is 1. The van der Waals surface area contributed by atoms with E-state index >= 15 is 0 Å². The summed E-state index contributed by atoms with van der Waals surface area (Å²) >= 11 is 0. The highest BCUT2D eigenvalue weighted by molar-refractivity contribution is 6.01. The highest BCUT2D eigenvalue weighted by atomic mass is 16.5. The standard InChI is InChI=1S/C31H31N3O4/c1-3-4-5-8-15-32-30(35)21-11-13-27-26(17-21)33-19-34(27)20(2)29-24-10-7-6-9-23(24)18-38-28-14-12-22(31(36)37)16-25(28)29/h6-7,9-14,16-17,19H,3-5,8,15,18H2,1-2H3,(H,32,35)(H,36,37). The number of hydrogen-bond acceptors (Lipinski definition) is 4. The van der Waals surface area contributed by atoms with Crippen LogP contribution in [0.25, 0.3) is 22.3 Å². The van der Waals surface area contributed by atoms with Gasteiger partial charge in [-0.2, -0.15) is 0 Å². The molecule has 1 amide bonds. The SMILES string of the molecule is CCCCCCNC(=O)c1ccc2c(c1)ncn2C(C)=C1c2ccccc2COc2ccc(C(=O)O)cc21. The van der Waals surface area contributed by atoms with E-state index in [1.165, 1.54) is 6.42 Å². The fraction of sp³-hybridized carbons (Fsp3) is 0.258. The van der Waals surface area contributed by atoms with Crippen LogP contribution in [0.15, 0.2) is 67.0 Å². The molecule has 2 heterocycles. The molecule has 1 aliphatic heterocycles. The lowest BCUT2D eigenvalue weighted by Crippen LogP contribution is -2.24. The Morgan fingerprint density at radius 2 is 1.82 bits per heavy atom. The lowest BCUT2D eigenvalue weighted by atomic mass is 9.91. The number of allylic oxidation sites excluding steroid dienone is 1. The van der Waals surface area contributed by atoms with E-state index < -0.39 is 5.97 Å². The molecule has 5 rings (SSSR count). The van der Waals surface area contributed by atoms with Crippen molar-refractivity contribution in [2.24, 2.45) is 0 Å². The van der Waals surface area contributed by atoms with E-state index in [1.807, 2.05) is 54.0 Å². The number of aromatic carboxylic acids is 1. The number of fused-ring (bicyclic) bond motifs is 3. The number of nitrogens with zero attached hydrogens (tertiary/aromatic N) is 2. The molecular weight excluding hydrogens is 478 g/mol. The van der Waals surface area contributed by atoms with Crippen LogP contribution in [0.3, 0.4) is 0 Å². The second kappa shape index (κ2) is 10.9. The molecule has 7 heteroatoms. The Hall–Kier alpha value is -4.39. The minimum absolute atomic E-state index is 0.0991. The summed E-state index contributed by atoms with van der Waals surface area (Å²) in [6.07, 6.45) is 6.16. The average Bonchev–Trinajstić information content (AvgIpc) is 3.28. The Morgan fingerprint density at radius 3 is 2.63 bits per heavy atom. The summed E-state index contributed by atoms with van der Waals surface area (Å²) in [5.74, 6) is -0.465. The Morgan fingerprint density at radius 1 is 1.00 bits per heavy atom. The number of rotatable bonds is 8. The molecule has 4 aromatic rings. The quantitative estimate of drug-likeness (QED) is 0.269.